The number of nitrogens with one attached hydrogen (secondary N) is 1. The Balaban J connectivity index is 0.00000128. The molecule has 1 N–H and O–H groups in total. The van der Waals surface area contributed by atoms with Crippen molar-refractivity contribution in [1.29, 1.82) is 0 Å². The molecule has 0 unspecified atom stereocenters. The largest absolute Gasteiger partial charge is 0.368 e. The van der Waals surface area contributed by atoms with Crippen molar-refractivity contribution in [3.63, 3.8) is 0 Å². The number of nitrogens with zero attached hydrogens (tertiary/aromatic N) is 1. The van der Waals surface area contributed by atoms with Crippen molar-refractivity contribution < 1.29 is 9.53 Å². The quantitative estimate of drug-likeness (QED) is 0.803. The maximum Gasteiger partial charge on any atom is 0.248 e. The first-order valence-electron chi connectivity index (χ1n) is 5.96. The molecule has 0 bridgehead atoms. The molecule has 94 valence electrons. The van der Waals surface area contributed by atoms with E-state index in [9.17, 15) is 4.79 Å². The van der Waals surface area contributed by atoms with E-state index in [1.54, 1.807) is 0 Å². The molecule has 16 heavy (non-hydrogen) atoms. The summed E-state index contributed by atoms with van der Waals surface area (Å²) in [6.07, 6.45) is 5.12. The van der Waals surface area contributed by atoms with Gasteiger partial charge in [0.2, 0.25) is 5.91 Å². The Morgan fingerprint density at radius 2 is 1.88 bits per heavy atom. The molecule has 1 aliphatic carbocycles. The van der Waals surface area contributed by atoms with E-state index in [4.69, 9.17) is 4.74 Å². The lowest BCUT2D eigenvalue weighted by atomic mass is 10.3. The first-order valence-corrected chi connectivity index (χ1v) is 5.96. The molecule has 1 aliphatic heterocycles. The highest BCUT2D eigenvalue weighted by Gasteiger charge is 2.20. The van der Waals surface area contributed by atoms with Crippen molar-refractivity contribution >= 4 is 18.3 Å². The number of hydrogen-bond donors (Lipinski definition) is 1. The van der Waals surface area contributed by atoms with Crippen molar-refractivity contribution in [1.82, 2.24) is 10.2 Å². The topological polar surface area (TPSA) is 41.6 Å². The van der Waals surface area contributed by atoms with Gasteiger partial charge in [0, 0.05) is 26.2 Å². The molecule has 2 fully saturated rings. The molecule has 2 aliphatic rings. The van der Waals surface area contributed by atoms with Gasteiger partial charge in [-0.15, -0.1) is 12.4 Å². The summed E-state index contributed by atoms with van der Waals surface area (Å²) in [6.45, 7) is 3.76. The number of piperazine rings is 1. The van der Waals surface area contributed by atoms with E-state index in [-0.39, 0.29) is 24.9 Å². The second kappa shape index (κ2) is 7.09. The van der Waals surface area contributed by atoms with Gasteiger partial charge in [-0.25, -0.2) is 0 Å². The molecule has 1 amide bonds. The minimum absolute atomic E-state index is 0. The third kappa shape index (κ3) is 3.92. The monoisotopic (exact) mass is 248 g/mol. The normalized spacial score (nSPS) is 21.9. The van der Waals surface area contributed by atoms with E-state index < -0.39 is 0 Å². The van der Waals surface area contributed by atoms with Gasteiger partial charge in [-0.3, -0.25) is 4.79 Å². The molecule has 1 saturated heterocycles. The predicted molar refractivity (Wildman–Crippen MR) is 64.9 cm³/mol. The van der Waals surface area contributed by atoms with Crippen LogP contribution in [0.3, 0.4) is 0 Å². The highest BCUT2D eigenvalue weighted by atomic mass is 35.5. The molecule has 0 aromatic rings. The molecule has 0 aromatic heterocycles. The summed E-state index contributed by atoms with van der Waals surface area (Å²) in [5, 5.41) is 3.23. The molecular weight excluding hydrogens is 228 g/mol. The van der Waals surface area contributed by atoms with Crippen LogP contribution in [0.2, 0.25) is 0 Å². The zero-order valence-corrected chi connectivity index (χ0v) is 10.4. The van der Waals surface area contributed by atoms with E-state index in [0.717, 1.165) is 39.0 Å². The average molecular weight is 249 g/mol. The minimum Gasteiger partial charge on any atom is -0.368 e. The van der Waals surface area contributed by atoms with Gasteiger partial charge < -0.3 is 15.0 Å². The van der Waals surface area contributed by atoms with Gasteiger partial charge in [-0.2, -0.15) is 0 Å². The Morgan fingerprint density at radius 3 is 2.50 bits per heavy atom. The van der Waals surface area contributed by atoms with E-state index in [2.05, 4.69) is 5.32 Å². The van der Waals surface area contributed by atoms with Gasteiger partial charge in [0.25, 0.3) is 0 Å². The number of amides is 1. The van der Waals surface area contributed by atoms with Crippen LogP contribution in [-0.4, -0.2) is 49.7 Å². The van der Waals surface area contributed by atoms with Crippen molar-refractivity contribution in [3.8, 4) is 0 Å². The second-order valence-corrected chi connectivity index (χ2v) is 4.35. The average Bonchev–Trinajstić information content (AvgIpc) is 2.80. The van der Waals surface area contributed by atoms with Crippen molar-refractivity contribution in [2.45, 2.75) is 31.8 Å². The predicted octanol–water partition coefficient (Wildman–Crippen LogP) is 0.799. The highest BCUT2D eigenvalue weighted by Crippen LogP contribution is 2.20. The fourth-order valence-corrected chi connectivity index (χ4v) is 2.25. The first-order chi connectivity index (χ1) is 7.36. The third-order valence-electron chi connectivity index (χ3n) is 3.21. The van der Waals surface area contributed by atoms with E-state index in [0.29, 0.717) is 6.10 Å². The summed E-state index contributed by atoms with van der Waals surface area (Å²) in [4.78, 5) is 13.6. The van der Waals surface area contributed by atoms with Crippen molar-refractivity contribution in [3.05, 3.63) is 0 Å². The molecular formula is C11H21ClN2O2. The third-order valence-corrected chi connectivity index (χ3v) is 3.21. The van der Waals surface area contributed by atoms with Gasteiger partial charge in [0.15, 0.2) is 0 Å². The SMILES string of the molecule is Cl.O=C(COC1CCCC1)N1CCNCC1. The Morgan fingerprint density at radius 1 is 1.25 bits per heavy atom. The molecule has 0 radical (unpaired) electrons. The Hall–Kier alpha value is -0.320. The molecule has 2 rings (SSSR count). The molecule has 1 heterocycles. The summed E-state index contributed by atoms with van der Waals surface area (Å²) >= 11 is 0. The van der Waals surface area contributed by atoms with Gasteiger partial charge >= 0.3 is 0 Å². The lowest BCUT2D eigenvalue weighted by Gasteiger charge is -2.27. The van der Waals surface area contributed by atoms with Crippen LogP contribution in [0, 0.1) is 0 Å². The van der Waals surface area contributed by atoms with Crippen molar-refractivity contribution in [2.75, 3.05) is 32.8 Å². The maximum atomic E-state index is 11.7. The fourth-order valence-electron chi connectivity index (χ4n) is 2.25. The fraction of sp³-hybridized carbons (Fsp3) is 0.909. The summed E-state index contributed by atoms with van der Waals surface area (Å²) in [6, 6.07) is 0. The van der Waals surface area contributed by atoms with Crippen LogP contribution >= 0.6 is 12.4 Å². The van der Waals surface area contributed by atoms with Gasteiger partial charge in [0.1, 0.15) is 6.61 Å². The number of carbonyl (C=O) groups is 1. The molecule has 0 spiro atoms. The second-order valence-electron chi connectivity index (χ2n) is 4.35. The zero-order valence-electron chi connectivity index (χ0n) is 9.61. The number of hydrogen-bond acceptors (Lipinski definition) is 3. The smallest absolute Gasteiger partial charge is 0.248 e. The van der Waals surface area contributed by atoms with E-state index in [1.165, 1.54) is 12.8 Å². The molecule has 0 aromatic carbocycles. The van der Waals surface area contributed by atoms with E-state index in [1.807, 2.05) is 4.90 Å². The lowest BCUT2D eigenvalue weighted by molar-refractivity contribution is -0.138. The van der Waals surface area contributed by atoms with Crippen LogP contribution in [0.1, 0.15) is 25.7 Å². The number of rotatable bonds is 3. The van der Waals surface area contributed by atoms with Crippen molar-refractivity contribution in [2.24, 2.45) is 0 Å². The molecule has 0 atom stereocenters. The molecule has 5 heteroatoms. The van der Waals surface area contributed by atoms with Crippen LogP contribution in [0.15, 0.2) is 0 Å². The zero-order chi connectivity index (χ0) is 10.5. The van der Waals surface area contributed by atoms with E-state index >= 15 is 0 Å². The summed E-state index contributed by atoms with van der Waals surface area (Å²) in [5.74, 6) is 0.156. The minimum atomic E-state index is 0. The van der Waals surface area contributed by atoms with Crippen LogP contribution in [0.25, 0.3) is 0 Å². The summed E-state index contributed by atoms with van der Waals surface area (Å²) < 4.78 is 5.61. The number of ether oxygens (including phenoxy) is 1. The summed E-state index contributed by atoms with van der Waals surface area (Å²) in [7, 11) is 0. The van der Waals surface area contributed by atoms with Crippen LogP contribution in [0.4, 0.5) is 0 Å². The van der Waals surface area contributed by atoms with Gasteiger partial charge in [0.05, 0.1) is 6.10 Å². The van der Waals surface area contributed by atoms with Crippen LogP contribution in [-0.2, 0) is 9.53 Å². The van der Waals surface area contributed by atoms with Crippen LogP contribution in [0.5, 0.6) is 0 Å². The Kier molecular flexibility index (Phi) is 6.09. The highest BCUT2D eigenvalue weighted by molar-refractivity contribution is 5.85. The molecule has 1 saturated carbocycles. The maximum absolute atomic E-state index is 11.7. The Bertz CT molecular complexity index is 214. The van der Waals surface area contributed by atoms with Crippen LogP contribution < -0.4 is 5.32 Å². The molecule has 4 nitrogen and oxygen atoms in total. The van der Waals surface area contributed by atoms with Gasteiger partial charge in [-0.05, 0) is 12.8 Å². The first kappa shape index (κ1) is 13.7. The number of halogens is 1. The Labute approximate surface area is 103 Å². The standard InChI is InChI=1S/C11H20N2O2.ClH/c14-11(13-7-5-12-6-8-13)9-15-10-3-1-2-4-10;/h10,12H,1-9H2;1H. The lowest BCUT2D eigenvalue weighted by Crippen LogP contribution is -2.47. The number of carbonyl (C=O) groups excluding carboxylic acids is 1. The summed E-state index contributed by atoms with van der Waals surface area (Å²) in [5.41, 5.74) is 0. The van der Waals surface area contributed by atoms with Gasteiger partial charge in [-0.1, -0.05) is 12.8 Å².